The van der Waals surface area contributed by atoms with Gasteiger partial charge in [0.05, 0.1) is 0 Å². The normalized spacial score (nSPS) is 29.0. The van der Waals surface area contributed by atoms with Gasteiger partial charge >= 0.3 is 5.97 Å². The maximum atomic E-state index is 11.4. The van der Waals surface area contributed by atoms with Crippen molar-refractivity contribution in [1.82, 2.24) is 10.2 Å². The van der Waals surface area contributed by atoms with E-state index in [2.05, 4.69) is 10.2 Å². The molecule has 1 aliphatic carbocycles. The number of nitrogens with one attached hydrogen (secondary N) is 1. The molecular formula is C17H32N2O2. The number of piperidine rings is 1. The summed E-state index contributed by atoms with van der Waals surface area (Å²) in [6.45, 7) is 6.90. The highest BCUT2D eigenvalue weighted by Crippen LogP contribution is 2.36. The maximum Gasteiger partial charge on any atom is 0.323 e. The smallest absolute Gasteiger partial charge is 0.323 e. The average Bonchev–Trinajstić information content (AvgIpc) is 2.93. The van der Waals surface area contributed by atoms with Gasteiger partial charge in [0.25, 0.3) is 0 Å². The molecule has 1 aliphatic heterocycles. The fourth-order valence-electron chi connectivity index (χ4n) is 4.29. The molecule has 4 nitrogen and oxygen atoms in total. The Morgan fingerprint density at radius 2 is 2.05 bits per heavy atom. The molecule has 3 atom stereocenters. The number of hydrogen-bond donors (Lipinski definition) is 2. The average molecular weight is 296 g/mol. The lowest BCUT2D eigenvalue weighted by atomic mass is 9.91. The van der Waals surface area contributed by atoms with Gasteiger partial charge in [0.2, 0.25) is 0 Å². The highest BCUT2D eigenvalue weighted by molar-refractivity contribution is 5.78. The Bertz CT molecular complexity index is 348. The first-order chi connectivity index (χ1) is 10.1. The lowest BCUT2D eigenvalue weighted by molar-refractivity contribution is -0.144. The number of aliphatic carboxylic acids is 1. The molecule has 0 aromatic rings. The van der Waals surface area contributed by atoms with Gasteiger partial charge in [0.15, 0.2) is 0 Å². The summed E-state index contributed by atoms with van der Waals surface area (Å²) in [5.74, 6) is 0.225. The minimum atomic E-state index is -0.757. The summed E-state index contributed by atoms with van der Waals surface area (Å²) in [6, 6.07) is 0.832. The number of nitrogens with zero attached hydrogens (tertiary/aromatic N) is 1. The van der Waals surface area contributed by atoms with Crippen LogP contribution in [-0.2, 0) is 4.79 Å². The predicted octanol–water partition coefficient (Wildman–Crippen LogP) is 2.87. The number of likely N-dealkylation sites (N-methyl/N-ethyl adjacent to an activating group) is 1. The molecule has 0 aromatic heterocycles. The summed E-state index contributed by atoms with van der Waals surface area (Å²) < 4.78 is 0. The molecule has 2 rings (SSSR count). The van der Waals surface area contributed by atoms with Crippen LogP contribution in [0.15, 0.2) is 0 Å². The van der Waals surface area contributed by atoms with Gasteiger partial charge in [-0.1, -0.05) is 13.3 Å². The Kier molecular flexibility index (Phi) is 6.06. The van der Waals surface area contributed by atoms with Gasteiger partial charge in [-0.2, -0.15) is 0 Å². The number of carbonyl (C=O) groups is 1. The van der Waals surface area contributed by atoms with Crippen molar-refractivity contribution in [2.45, 2.75) is 76.8 Å². The van der Waals surface area contributed by atoms with Crippen LogP contribution < -0.4 is 5.32 Å². The van der Waals surface area contributed by atoms with Crippen LogP contribution in [0.3, 0.4) is 0 Å². The number of unbranched alkanes of at least 4 members (excludes halogenated alkanes) is 1. The minimum absolute atomic E-state index is 0.707. The van der Waals surface area contributed by atoms with Crippen molar-refractivity contribution in [3.8, 4) is 0 Å². The van der Waals surface area contributed by atoms with Crippen molar-refractivity contribution >= 4 is 5.97 Å². The van der Waals surface area contributed by atoms with E-state index in [-0.39, 0.29) is 0 Å². The lowest BCUT2D eigenvalue weighted by Crippen LogP contribution is -2.49. The second-order valence-corrected chi connectivity index (χ2v) is 7.06. The van der Waals surface area contributed by atoms with Gasteiger partial charge in [-0.25, -0.2) is 0 Å². The SMILES string of the molecule is CCNC(C)(CCCCN1CCCC2CCCC21)C(=O)O. The third kappa shape index (κ3) is 4.19. The zero-order valence-corrected chi connectivity index (χ0v) is 13.7. The van der Waals surface area contributed by atoms with E-state index < -0.39 is 11.5 Å². The van der Waals surface area contributed by atoms with Gasteiger partial charge in [-0.3, -0.25) is 4.79 Å². The third-order valence-corrected chi connectivity index (χ3v) is 5.52. The van der Waals surface area contributed by atoms with E-state index in [1.54, 1.807) is 0 Å². The number of carboxylic acid groups (broad SMARTS) is 1. The number of fused-ring (bicyclic) bond motifs is 1. The van der Waals surface area contributed by atoms with Gasteiger partial charge in [0, 0.05) is 6.04 Å². The molecule has 0 aromatic carbocycles. The van der Waals surface area contributed by atoms with Crippen LogP contribution in [-0.4, -0.2) is 47.2 Å². The van der Waals surface area contributed by atoms with Crippen molar-refractivity contribution in [3.63, 3.8) is 0 Å². The summed E-state index contributed by atoms with van der Waals surface area (Å²) in [7, 11) is 0. The molecule has 1 saturated heterocycles. The Morgan fingerprint density at radius 1 is 1.29 bits per heavy atom. The van der Waals surface area contributed by atoms with Gasteiger partial charge in [-0.15, -0.1) is 0 Å². The summed E-state index contributed by atoms with van der Waals surface area (Å²) >= 11 is 0. The Hall–Kier alpha value is -0.610. The quantitative estimate of drug-likeness (QED) is 0.676. The molecular weight excluding hydrogens is 264 g/mol. The van der Waals surface area contributed by atoms with Crippen molar-refractivity contribution in [1.29, 1.82) is 0 Å². The zero-order chi connectivity index (χ0) is 15.3. The second kappa shape index (κ2) is 7.59. The molecule has 4 heteroatoms. The molecule has 2 fully saturated rings. The van der Waals surface area contributed by atoms with Crippen LogP contribution in [0.4, 0.5) is 0 Å². The fourth-order valence-corrected chi connectivity index (χ4v) is 4.29. The molecule has 21 heavy (non-hydrogen) atoms. The molecule has 3 unspecified atom stereocenters. The van der Waals surface area contributed by atoms with E-state index in [0.717, 1.165) is 37.8 Å². The van der Waals surface area contributed by atoms with Crippen molar-refractivity contribution in [3.05, 3.63) is 0 Å². The number of carboxylic acids is 1. The summed E-state index contributed by atoms with van der Waals surface area (Å²) in [6.07, 6.45) is 9.83. The van der Waals surface area contributed by atoms with Crippen molar-refractivity contribution in [2.75, 3.05) is 19.6 Å². The first-order valence-electron chi connectivity index (χ1n) is 8.79. The van der Waals surface area contributed by atoms with Gasteiger partial charge in [0.1, 0.15) is 5.54 Å². The third-order valence-electron chi connectivity index (χ3n) is 5.52. The number of likely N-dealkylation sites (tertiary alicyclic amines) is 1. The first kappa shape index (κ1) is 16.8. The molecule has 122 valence electrons. The Morgan fingerprint density at radius 3 is 2.76 bits per heavy atom. The van der Waals surface area contributed by atoms with Crippen LogP contribution in [0, 0.1) is 5.92 Å². The van der Waals surface area contributed by atoms with Crippen molar-refractivity contribution in [2.24, 2.45) is 5.92 Å². The van der Waals surface area contributed by atoms with E-state index in [1.807, 2.05) is 13.8 Å². The standard InChI is InChI=1S/C17H32N2O2/c1-3-18-17(2,16(20)21)11-4-5-12-19-13-7-9-14-8-6-10-15(14)19/h14-15,18H,3-13H2,1-2H3,(H,20,21). The van der Waals surface area contributed by atoms with Crippen LogP contribution in [0.25, 0.3) is 0 Å². The van der Waals surface area contributed by atoms with Crippen LogP contribution >= 0.6 is 0 Å². The molecule has 1 saturated carbocycles. The predicted molar refractivity (Wildman–Crippen MR) is 85.5 cm³/mol. The molecule has 2 aliphatic rings. The fraction of sp³-hybridized carbons (Fsp3) is 0.941. The summed E-state index contributed by atoms with van der Waals surface area (Å²) in [5, 5.41) is 12.5. The summed E-state index contributed by atoms with van der Waals surface area (Å²) in [4.78, 5) is 14.1. The Balaban J connectivity index is 1.72. The lowest BCUT2D eigenvalue weighted by Gasteiger charge is -2.38. The van der Waals surface area contributed by atoms with E-state index >= 15 is 0 Å². The topological polar surface area (TPSA) is 52.6 Å². The van der Waals surface area contributed by atoms with Crippen molar-refractivity contribution < 1.29 is 9.90 Å². The molecule has 0 radical (unpaired) electrons. The van der Waals surface area contributed by atoms with Crippen LogP contribution in [0.1, 0.15) is 65.2 Å². The zero-order valence-electron chi connectivity index (χ0n) is 13.7. The number of hydrogen-bond acceptors (Lipinski definition) is 3. The van der Waals surface area contributed by atoms with E-state index in [0.29, 0.717) is 6.54 Å². The highest BCUT2D eigenvalue weighted by Gasteiger charge is 2.35. The van der Waals surface area contributed by atoms with E-state index in [9.17, 15) is 9.90 Å². The van der Waals surface area contributed by atoms with Crippen LogP contribution in [0.2, 0.25) is 0 Å². The molecule has 2 N–H and O–H groups in total. The van der Waals surface area contributed by atoms with Gasteiger partial charge < -0.3 is 15.3 Å². The molecule has 1 heterocycles. The summed E-state index contributed by atoms with van der Waals surface area (Å²) in [5.41, 5.74) is -0.757. The van der Waals surface area contributed by atoms with E-state index in [1.165, 1.54) is 38.6 Å². The van der Waals surface area contributed by atoms with Gasteiger partial charge in [-0.05, 0) is 77.4 Å². The Labute approximate surface area is 129 Å². The first-order valence-corrected chi connectivity index (χ1v) is 8.79. The molecule has 0 amide bonds. The van der Waals surface area contributed by atoms with Crippen LogP contribution in [0.5, 0.6) is 0 Å². The minimum Gasteiger partial charge on any atom is -0.480 e. The largest absolute Gasteiger partial charge is 0.480 e. The number of rotatable bonds is 8. The monoisotopic (exact) mass is 296 g/mol. The molecule has 0 bridgehead atoms. The maximum absolute atomic E-state index is 11.4. The molecule has 0 spiro atoms. The van der Waals surface area contributed by atoms with E-state index in [4.69, 9.17) is 0 Å². The highest BCUT2D eigenvalue weighted by atomic mass is 16.4. The second-order valence-electron chi connectivity index (χ2n) is 7.06.